The van der Waals surface area contributed by atoms with E-state index in [0.29, 0.717) is 22.1 Å². The summed E-state index contributed by atoms with van der Waals surface area (Å²) in [6.07, 6.45) is -4.38. The number of benzene rings is 2. The molecular formula is C17H11F3O2. The van der Waals surface area contributed by atoms with Crippen LogP contribution in [0, 0.1) is 0 Å². The number of halogens is 3. The summed E-state index contributed by atoms with van der Waals surface area (Å²) in [5, 5.41) is 0.681. The topological polar surface area (TPSA) is 30.2 Å². The second-order valence-electron chi connectivity index (χ2n) is 5.00. The van der Waals surface area contributed by atoms with Crippen molar-refractivity contribution in [3.05, 3.63) is 59.9 Å². The fourth-order valence-electron chi connectivity index (χ4n) is 2.27. The van der Waals surface area contributed by atoms with Crippen molar-refractivity contribution in [2.45, 2.75) is 13.1 Å². The van der Waals surface area contributed by atoms with Crippen LogP contribution in [0.2, 0.25) is 0 Å². The minimum atomic E-state index is -4.38. The van der Waals surface area contributed by atoms with Crippen molar-refractivity contribution in [2.24, 2.45) is 0 Å². The van der Waals surface area contributed by atoms with E-state index >= 15 is 0 Å². The zero-order valence-corrected chi connectivity index (χ0v) is 11.6. The number of carbonyl (C=O) groups excluding carboxylic acids is 1. The van der Waals surface area contributed by atoms with Gasteiger partial charge in [0.15, 0.2) is 11.5 Å². The predicted octanol–water partition coefficient (Wildman–Crippen LogP) is 5.32. The largest absolute Gasteiger partial charge is 0.453 e. The number of rotatable bonds is 2. The van der Waals surface area contributed by atoms with Crippen molar-refractivity contribution >= 4 is 16.8 Å². The van der Waals surface area contributed by atoms with Crippen LogP contribution in [0.4, 0.5) is 13.2 Å². The third-order valence-corrected chi connectivity index (χ3v) is 3.39. The Morgan fingerprint density at radius 2 is 1.73 bits per heavy atom. The van der Waals surface area contributed by atoms with Crippen molar-refractivity contribution < 1.29 is 22.4 Å². The fraction of sp³-hybridized carbons (Fsp3) is 0.118. The maximum atomic E-state index is 12.8. The number of alkyl halides is 3. The molecule has 0 atom stereocenters. The summed E-state index contributed by atoms with van der Waals surface area (Å²) in [5.74, 6) is 0.0352. The van der Waals surface area contributed by atoms with E-state index in [9.17, 15) is 18.0 Å². The summed E-state index contributed by atoms with van der Waals surface area (Å²) in [7, 11) is 0. The summed E-state index contributed by atoms with van der Waals surface area (Å²) in [6, 6.07) is 11.8. The summed E-state index contributed by atoms with van der Waals surface area (Å²) < 4.78 is 43.7. The van der Waals surface area contributed by atoms with Crippen LogP contribution in [0.15, 0.2) is 52.9 Å². The van der Waals surface area contributed by atoms with Crippen LogP contribution in [-0.4, -0.2) is 5.78 Å². The number of fused-ring (bicyclic) bond motifs is 1. The first kappa shape index (κ1) is 14.4. The number of furan rings is 1. The zero-order chi connectivity index (χ0) is 15.9. The van der Waals surface area contributed by atoms with Crippen molar-refractivity contribution in [1.29, 1.82) is 0 Å². The molecule has 0 bridgehead atoms. The van der Waals surface area contributed by atoms with Crippen LogP contribution in [0.3, 0.4) is 0 Å². The molecule has 0 saturated carbocycles. The number of hydrogen-bond donors (Lipinski definition) is 0. The van der Waals surface area contributed by atoms with E-state index in [1.54, 1.807) is 30.3 Å². The summed E-state index contributed by atoms with van der Waals surface area (Å²) in [4.78, 5) is 11.3. The third kappa shape index (κ3) is 2.62. The molecule has 0 aliphatic carbocycles. The van der Waals surface area contributed by atoms with E-state index in [1.807, 2.05) is 0 Å². The lowest BCUT2D eigenvalue weighted by molar-refractivity contribution is -0.137. The Hall–Kier alpha value is -2.56. The molecule has 0 saturated heterocycles. The van der Waals surface area contributed by atoms with Crippen LogP contribution in [-0.2, 0) is 6.18 Å². The first-order valence-electron chi connectivity index (χ1n) is 6.57. The molecule has 2 nitrogen and oxygen atoms in total. The molecule has 0 amide bonds. The van der Waals surface area contributed by atoms with Gasteiger partial charge in [-0.15, -0.1) is 0 Å². The second kappa shape index (κ2) is 5.02. The highest BCUT2D eigenvalue weighted by molar-refractivity contribution is 5.96. The van der Waals surface area contributed by atoms with Gasteiger partial charge in [0.1, 0.15) is 5.58 Å². The van der Waals surface area contributed by atoms with E-state index in [1.165, 1.54) is 13.0 Å². The lowest BCUT2D eigenvalue weighted by Crippen LogP contribution is -2.04. The first-order chi connectivity index (χ1) is 10.3. The van der Waals surface area contributed by atoms with Crippen LogP contribution < -0.4 is 0 Å². The zero-order valence-electron chi connectivity index (χ0n) is 11.6. The Balaban J connectivity index is 2.08. The normalized spacial score (nSPS) is 11.8. The molecule has 112 valence electrons. The van der Waals surface area contributed by atoms with Crippen LogP contribution in [0.1, 0.15) is 23.0 Å². The van der Waals surface area contributed by atoms with Crippen molar-refractivity contribution in [3.63, 3.8) is 0 Å². The fourth-order valence-corrected chi connectivity index (χ4v) is 2.27. The molecule has 0 fully saturated rings. The average Bonchev–Trinajstić information content (AvgIpc) is 2.89. The van der Waals surface area contributed by atoms with Gasteiger partial charge in [-0.25, -0.2) is 0 Å². The summed E-state index contributed by atoms with van der Waals surface area (Å²) >= 11 is 0. The van der Waals surface area contributed by atoms with Crippen LogP contribution in [0.25, 0.3) is 22.1 Å². The van der Waals surface area contributed by atoms with Crippen LogP contribution >= 0.6 is 0 Å². The number of hydrogen-bond acceptors (Lipinski definition) is 2. The van der Waals surface area contributed by atoms with Crippen molar-refractivity contribution in [2.75, 3.05) is 0 Å². The monoisotopic (exact) mass is 304 g/mol. The smallest absolute Gasteiger partial charge is 0.416 e. The minimum absolute atomic E-state index is 0.197. The predicted molar refractivity (Wildman–Crippen MR) is 76.7 cm³/mol. The molecule has 0 radical (unpaired) electrons. The molecule has 0 spiro atoms. The Bertz CT molecular complexity index is 860. The van der Waals surface area contributed by atoms with Gasteiger partial charge in [-0.1, -0.05) is 18.2 Å². The van der Waals surface area contributed by atoms with Gasteiger partial charge in [0.05, 0.1) is 5.56 Å². The molecule has 0 aliphatic heterocycles. The molecule has 0 aliphatic rings. The third-order valence-electron chi connectivity index (χ3n) is 3.39. The Labute approximate surface area is 124 Å². The van der Waals surface area contributed by atoms with E-state index in [4.69, 9.17) is 4.42 Å². The van der Waals surface area contributed by atoms with Gasteiger partial charge in [-0.05, 0) is 41.5 Å². The van der Waals surface area contributed by atoms with Gasteiger partial charge in [-0.2, -0.15) is 13.2 Å². The maximum Gasteiger partial charge on any atom is 0.416 e. The highest BCUT2D eigenvalue weighted by atomic mass is 19.4. The SMILES string of the molecule is CC(=O)c1cc2cc(-c3cccc(C(F)(F)F)c3)ccc2o1. The Morgan fingerprint density at radius 1 is 1.00 bits per heavy atom. The lowest BCUT2D eigenvalue weighted by atomic mass is 10.0. The molecule has 5 heteroatoms. The first-order valence-corrected chi connectivity index (χ1v) is 6.57. The molecule has 1 heterocycles. The standard InChI is InChI=1S/C17H11F3O2/c1-10(21)16-9-13-7-12(5-6-15(13)22-16)11-3-2-4-14(8-11)17(18,19)20/h2-9H,1H3. The molecule has 22 heavy (non-hydrogen) atoms. The van der Waals surface area contributed by atoms with Gasteiger partial charge >= 0.3 is 6.18 Å². The van der Waals surface area contributed by atoms with Gasteiger partial charge in [-0.3, -0.25) is 4.79 Å². The van der Waals surface area contributed by atoms with E-state index in [0.717, 1.165) is 12.1 Å². The second-order valence-corrected chi connectivity index (χ2v) is 5.00. The average molecular weight is 304 g/mol. The molecule has 3 aromatic rings. The Kier molecular flexibility index (Phi) is 3.28. The molecule has 1 aromatic heterocycles. The lowest BCUT2D eigenvalue weighted by Gasteiger charge is -2.08. The highest BCUT2D eigenvalue weighted by Gasteiger charge is 2.30. The van der Waals surface area contributed by atoms with Gasteiger partial charge in [0.2, 0.25) is 0 Å². The number of carbonyl (C=O) groups is 1. The maximum absolute atomic E-state index is 12.8. The molecule has 0 N–H and O–H groups in total. The van der Waals surface area contributed by atoms with E-state index in [2.05, 4.69) is 0 Å². The quantitative estimate of drug-likeness (QED) is 0.600. The Morgan fingerprint density at radius 3 is 2.41 bits per heavy atom. The van der Waals surface area contributed by atoms with Crippen molar-refractivity contribution in [1.82, 2.24) is 0 Å². The summed E-state index contributed by atoms with van der Waals surface area (Å²) in [5.41, 5.74) is 0.930. The summed E-state index contributed by atoms with van der Waals surface area (Å²) in [6.45, 7) is 1.39. The molecule has 0 unspecified atom stereocenters. The molecule has 2 aromatic carbocycles. The van der Waals surface area contributed by atoms with Gasteiger partial charge in [0.25, 0.3) is 0 Å². The highest BCUT2D eigenvalue weighted by Crippen LogP contribution is 2.33. The minimum Gasteiger partial charge on any atom is -0.453 e. The van der Waals surface area contributed by atoms with E-state index in [-0.39, 0.29) is 11.5 Å². The van der Waals surface area contributed by atoms with Gasteiger partial charge < -0.3 is 4.42 Å². The number of ketones is 1. The number of Topliss-reactive ketones (excluding diaryl/α,β-unsaturated/α-hetero) is 1. The molecule has 3 rings (SSSR count). The van der Waals surface area contributed by atoms with E-state index < -0.39 is 11.7 Å². The van der Waals surface area contributed by atoms with Crippen molar-refractivity contribution in [3.8, 4) is 11.1 Å². The van der Waals surface area contributed by atoms with Gasteiger partial charge in [0, 0.05) is 12.3 Å². The van der Waals surface area contributed by atoms with Crippen LogP contribution in [0.5, 0.6) is 0 Å². The molecular weight excluding hydrogens is 293 g/mol.